The lowest BCUT2D eigenvalue weighted by molar-refractivity contribution is 0.664. The van der Waals surface area contributed by atoms with Gasteiger partial charge < -0.3 is 4.90 Å². The zero-order chi connectivity index (χ0) is 18.3. The lowest BCUT2D eigenvalue weighted by Crippen LogP contribution is -2.60. The zero-order valence-corrected chi connectivity index (χ0v) is 17.2. The van der Waals surface area contributed by atoms with Crippen molar-refractivity contribution in [2.75, 3.05) is 11.9 Å². The van der Waals surface area contributed by atoms with Gasteiger partial charge in [0.05, 0.1) is 0 Å². The Morgan fingerprint density at radius 1 is 0.769 bits per heavy atom. The van der Waals surface area contributed by atoms with Gasteiger partial charge in [0.25, 0.3) is 0 Å². The molecule has 2 aliphatic rings. The molecule has 0 aromatic heterocycles. The Kier molecular flexibility index (Phi) is 2.99. The second-order valence-electron chi connectivity index (χ2n) is 8.75. The second kappa shape index (κ2) is 4.89. The molecule has 0 saturated heterocycles. The van der Waals surface area contributed by atoms with E-state index in [9.17, 15) is 0 Å². The molecule has 1 heterocycles. The topological polar surface area (TPSA) is 3.24 Å². The summed E-state index contributed by atoms with van der Waals surface area (Å²) in [6.45, 7) is 9.86. The minimum Gasteiger partial charge on any atom is -0.345 e. The molecule has 2 heteroatoms. The van der Waals surface area contributed by atoms with Crippen molar-refractivity contribution in [2.45, 2.75) is 32.4 Å². The summed E-state index contributed by atoms with van der Waals surface area (Å²) in [6, 6.07) is 22.7. The van der Waals surface area contributed by atoms with Gasteiger partial charge in [-0.25, -0.2) is 0 Å². The summed E-state index contributed by atoms with van der Waals surface area (Å²) in [5, 5.41) is 3.17. The average Bonchev–Trinajstić information content (AvgIpc) is 2.88. The Bertz CT molecular complexity index is 1060. The van der Waals surface area contributed by atoms with Crippen LogP contribution in [0, 0.1) is 0 Å². The van der Waals surface area contributed by atoms with E-state index in [4.69, 9.17) is 0 Å². The third-order valence-electron chi connectivity index (χ3n) is 6.62. The van der Waals surface area contributed by atoms with Crippen LogP contribution in [0.25, 0.3) is 11.1 Å². The summed E-state index contributed by atoms with van der Waals surface area (Å²) >= 11 is 0. The Morgan fingerprint density at radius 2 is 1.46 bits per heavy atom. The monoisotopic (exact) mass is 355 g/mol. The van der Waals surface area contributed by atoms with E-state index in [1.807, 2.05) is 0 Å². The van der Waals surface area contributed by atoms with Crippen molar-refractivity contribution >= 4 is 29.8 Å². The molecule has 1 aliphatic heterocycles. The number of fused-ring (bicyclic) bond motifs is 6. The van der Waals surface area contributed by atoms with Gasteiger partial charge in [0.1, 0.15) is 8.07 Å². The number of rotatable bonds is 0. The molecule has 0 saturated carbocycles. The number of para-hydroxylation sites is 1. The standard InChI is InChI=1S/C24H25NSi/c1-24(2)18-11-7-6-10-16(18)17-14-15-20-23(22(17)24)26(4,5)21-13-9-8-12-19(21)25(20)3/h6-15H,1-5H3. The molecular weight excluding hydrogens is 330 g/mol. The largest absolute Gasteiger partial charge is 0.345 e. The van der Waals surface area contributed by atoms with E-state index >= 15 is 0 Å². The second-order valence-corrected chi connectivity index (χ2v) is 13.0. The molecule has 5 rings (SSSR count). The van der Waals surface area contributed by atoms with Crippen LogP contribution in [-0.2, 0) is 5.41 Å². The first-order valence-electron chi connectivity index (χ1n) is 9.46. The number of hydrogen-bond acceptors (Lipinski definition) is 1. The van der Waals surface area contributed by atoms with E-state index in [1.54, 1.807) is 15.9 Å². The Labute approximate surface area is 157 Å². The molecule has 0 radical (unpaired) electrons. The molecule has 0 fully saturated rings. The van der Waals surface area contributed by atoms with E-state index in [0.717, 1.165) is 0 Å². The molecular formula is C24H25NSi. The van der Waals surface area contributed by atoms with E-state index in [1.165, 1.54) is 28.1 Å². The lowest BCUT2D eigenvalue weighted by Gasteiger charge is -2.42. The van der Waals surface area contributed by atoms with Crippen LogP contribution in [0.2, 0.25) is 13.1 Å². The summed E-state index contributed by atoms with van der Waals surface area (Å²) in [6.07, 6.45) is 0. The normalized spacial score (nSPS) is 18.0. The molecule has 1 nitrogen and oxygen atoms in total. The fourth-order valence-corrected chi connectivity index (χ4v) is 8.97. The maximum atomic E-state index is 2.52. The molecule has 26 heavy (non-hydrogen) atoms. The van der Waals surface area contributed by atoms with Gasteiger partial charge in [-0.3, -0.25) is 0 Å². The first-order chi connectivity index (χ1) is 12.3. The molecule has 0 atom stereocenters. The number of benzene rings is 3. The fourth-order valence-electron chi connectivity index (χ4n) is 5.33. The predicted molar refractivity (Wildman–Crippen MR) is 115 cm³/mol. The van der Waals surface area contributed by atoms with Crippen LogP contribution >= 0.6 is 0 Å². The van der Waals surface area contributed by atoms with Gasteiger partial charge in [-0.05, 0) is 44.8 Å². The average molecular weight is 356 g/mol. The Balaban J connectivity index is 1.90. The summed E-state index contributed by atoms with van der Waals surface area (Å²) in [5.74, 6) is 0. The van der Waals surface area contributed by atoms with Gasteiger partial charge in [-0.1, -0.05) is 75.5 Å². The van der Waals surface area contributed by atoms with Crippen LogP contribution in [-0.4, -0.2) is 15.1 Å². The Hall–Kier alpha value is -2.32. The highest BCUT2D eigenvalue weighted by Gasteiger charge is 2.45. The molecule has 3 aromatic rings. The summed E-state index contributed by atoms with van der Waals surface area (Å²) < 4.78 is 0. The zero-order valence-electron chi connectivity index (χ0n) is 16.2. The lowest BCUT2D eigenvalue weighted by atomic mass is 9.82. The van der Waals surface area contributed by atoms with Gasteiger partial charge in [0.2, 0.25) is 0 Å². The molecule has 0 bridgehead atoms. The fraction of sp³-hybridized carbons (Fsp3) is 0.250. The summed E-state index contributed by atoms with van der Waals surface area (Å²) in [4.78, 5) is 2.41. The third kappa shape index (κ3) is 1.75. The molecule has 0 amide bonds. The van der Waals surface area contributed by atoms with Gasteiger partial charge in [0.15, 0.2) is 0 Å². The highest BCUT2D eigenvalue weighted by molar-refractivity contribution is 7.03. The minimum absolute atomic E-state index is 0.0503. The van der Waals surface area contributed by atoms with Gasteiger partial charge in [0, 0.05) is 23.8 Å². The number of nitrogens with zero attached hydrogens (tertiary/aromatic N) is 1. The molecule has 3 aromatic carbocycles. The SMILES string of the molecule is CN1c2ccccc2[Si](C)(C)c2c1ccc1c2C(C)(C)c2ccccc2-1. The highest BCUT2D eigenvalue weighted by Crippen LogP contribution is 2.50. The predicted octanol–water partition coefficient (Wildman–Crippen LogP) is 4.90. The van der Waals surface area contributed by atoms with Crippen molar-refractivity contribution < 1.29 is 0 Å². The minimum atomic E-state index is -1.80. The Morgan fingerprint density at radius 3 is 2.27 bits per heavy atom. The maximum Gasteiger partial charge on any atom is 0.118 e. The van der Waals surface area contributed by atoms with Crippen molar-refractivity contribution in [3.63, 3.8) is 0 Å². The highest BCUT2D eigenvalue weighted by atomic mass is 28.3. The summed E-state index contributed by atoms with van der Waals surface area (Å²) in [5.41, 5.74) is 8.72. The van der Waals surface area contributed by atoms with Crippen LogP contribution in [0.3, 0.4) is 0 Å². The first kappa shape index (κ1) is 15.9. The number of hydrogen-bond donors (Lipinski definition) is 0. The van der Waals surface area contributed by atoms with E-state index < -0.39 is 8.07 Å². The van der Waals surface area contributed by atoms with Crippen molar-refractivity contribution in [1.82, 2.24) is 0 Å². The smallest absolute Gasteiger partial charge is 0.118 e. The van der Waals surface area contributed by atoms with Crippen molar-refractivity contribution in [3.8, 4) is 11.1 Å². The molecule has 1 aliphatic carbocycles. The van der Waals surface area contributed by atoms with E-state index in [0.29, 0.717) is 0 Å². The van der Waals surface area contributed by atoms with Gasteiger partial charge >= 0.3 is 0 Å². The number of anilines is 2. The van der Waals surface area contributed by atoms with Gasteiger partial charge in [-0.2, -0.15) is 0 Å². The van der Waals surface area contributed by atoms with Crippen molar-refractivity contribution in [2.24, 2.45) is 0 Å². The molecule has 0 unspecified atom stereocenters. The maximum absolute atomic E-state index is 2.52. The van der Waals surface area contributed by atoms with Crippen molar-refractivity contribution in [1.29, 1.82) is 0 Å². The molecule has 130 valence electrons. The van der Waals surface area contributed by atoms with Crippen LogP contribution in [0.5, 0.6) is 0 Å². The molecule has 0 N–H and O–H groups in total. The molecule has 0 spiro atoms. The van der Waals surface area contributed by atoms with E-state index in [2.05, 4.69) is 99.6 Å². The quantitative estimate of drug-likeness (QED) is 0.519. The third-order valence-corrected chi connectivity index (χ3v) is 10.1. The first-order valence-corrected chi connectivity index (χ1v) is 12.5. The van der Waals surface area contributed by atoms with Crippen LogP contribution < -0.4 is 15.3 Å². The summed E-state index contributed by atoms with van der Waals surface area (Å²) in [7, 11) is 0.425. The van der Waals surface area contributed by atoms with Crippen LogP contribution in [0.4, 0.5) is 11.4 Å². The van der Waals surface area contributed by atoms with Crippen LogP contribution in [0.1, 0.15) is 25.0 Å². The van der Waals surface area contributed by atoms with Crippen LogP contribution in [0.15, 0.2) is 60.7 Å². The van der Waals surface area contributed by atoms with Gasteiger partial charge in [-0.15, -0.1) is 0 Å². The van der Waals surface area contributed by atoms with Crippen molar-refractivity contribution in [3.05, 3.63) is 71.8 Å². The van der Waals surface area contributed by atoms with E-state index in [-0.39, 0.29) is 5.41 Å².